The Hall–Kier alpha value is -1.85. The van der Waals surface area contributed by atoms with E-state index in [4.69, 9.17) is 0 Å². The van der Waals surface area contributed by atoms with Gasteiger partial charge in [0.1, 0.15) is 0 Å². The summed E-state index contributed by atoms with van der Waals surface area (Å²) in [6.07, 6.45) is 3.21. The van der Waals surface area contributed by atoms with Crippen molar-refractivity contribution in [3.05, 3.63) is 58.1 Å². The molecule has 2 aromatic carbocycles. The zero-order valence-electron chi connectivity index (χ0n) is 16.8. The van der Waals surface area contributed by atoms with Crippen molar-refractivity contribution in [2.75, 3.05) is 24.5 Å². The number of sulfonamides is 1. The molecule has 146 valence electrons. The molecular weight excluding hydrogens is 356 g/mol. The van der Waals surface area contributed by atoms with Gasteiger partial charge in [0.05, 0.1) is 4.90 Å². The van der Waals surface area contributed by atoms with Gasteiger partial charge in [0, 0.05) is 25.3 Å². The minimum atomic E-state index is -3.52. The Morgan fingerprint density at radius 1 is 0.926 bits per heavy atom. The molecule has 0 unspecified atom stereocenters. The molecule has 0 bridgehead atoms. The second-order valence-corrected chi connectivity index (χ2v) is 9.30. The lowest BCUT2D eigenvalue weighted by atomic mass is 10.0. The zero-order valence-corrected chi connectivity index (χ0v) is 17.6. The Bertz CT molecular complexity index is 886. The SMILES string of the molecule is Cc1cc(C)c(C)c(S(=O)(=O)NCCc2ccc(N3CCCC3)cc2)c1C. The lowest BCUT2D eigenvalue weighted by Crippen LogP contribution is -2.27. The fraction of sp³-hybridized carbons (Fsp3) is 0.455. The summed E-state index contributed by atoms with van der Waals surface area (Å²) in [7, 11) is -3.52. The van der Waals surface area contributed by atoms with Crippen molar-refractivity contribution in [1.82, 2.24) is 4.72 Å². The molecule has 4 nitrogen and oxygen atoms in total. The molecule has 0 amide bonds. The number of nitrogens with one attached hydrogen (secondary N) is 1. The van der Waals surface area contributed by atoms with Crippen LogP contribution in [0.25, 0.3) is 0 Å². The van der Waals surface area contributed by atoms with Crippen LogP contribution in [0.15, 0.2) is 35.2 Å². The second-order valence-electron chi connectivity index (χ2n) is 7.60. The van der Waals surface area contributed by atoms with E-state index < -0.39 is 10.0 Å². The highest BCUT2D eigenvalue weighted by Gasteiger charge is 2.21. The van der Waals surface area contributed by atoms with Gasteiger partial charge in [0.15, 0.2) is 0 Å². The van der Waals surface area contributed by atoms with E-state index in [1.54, 1.807) is 0 Å². The minimum Gasteiger partial charge on any atom is -0.372 e. The van der Waals surface area contributed by atoms with Crippen LogP contribution >= 0.6 is 0 Å². The molecule has 0 atom stereocenters. The summed E-state index contributed by atoms with van der Waals surface area (Å²) in [5.41, 5.74) is 6.10. The molecule has 0 radical (unpaired) electrons. The summed E-state index contributed by atoms with van der Waals surface area (Å²) in [6.45, 7) is 10.4. The molecule has 5 heteroatoms. The third-order valence-electron chi connectivity index (χ3n) is 5.68. The van der Waals surface area contributed by atoms with Gasteiger partial charge in [-0.05, 0) is 86.9 Å². The van der Waals surface area contributed by atoms with Gasteiger partial charge >= 0.3 is 0 Å². The Balaban J connectivity index is 1.66. The van der Waals surface area contributed by atoms with Crippen molar-refractivity contribution in [2.45, 2.75) is 51.9 Å². The molecule has 1 N–H and O–H groups in total. The van der Waals surface area contributed by atoms with Gasteiger partial charge < -0.3 is 4.90 Å². The fourth-order valence-electron chi connectivity index (χ4n) is 3.83. The number of nitrogens with zero attached hydrogens (tertiary/aromatic N) is 1. The third-order valence-corrected chi connectivity index (χ3v) is 7.41. The molecule has 0 saturated carbocycles. The van der Waals surface area contributed by atoms with Crippen molar-refractivity contribution in [3.8, 4) is 0 Å². The summed E-state index contributed by atoms with van der Waals surface area (Å²) in [5.74, 6) is 0. The normalized spacial score (nSPS) is 14.7. The van der Waals surface area contributed by atoms with E-state index in [1.165, 1.54) is 18.5 Å². The summed E-state index contributed by atoms with van der Waals surface area (Å²) < 4.78 is 28.5. The van der Waals surface area contributed by atoms with E-state index >= 15 is 0 Å². The molecule has 0 aromatic heterocycles. The molecule has 1 aliphatic heterocycles. The van der Waals surface area contributed by atoms with Crippen LogP contribution in [0.1, 0.15) is 40.7 Å². The average Bonchev–Trinajstić information content (AvgIpc) is 3.15. The predicted molar refractivity (Wildman–Crippen MR) is 112 cm³/mol. The number of rotatable bonds is 6. The first-order valence-electron chi connectivity index (χ1n) is 9.70. The van der Waals surface area contributed by atoms with Crippen LogP contribution in [0.4, 0.5) is 5.69 Å². The van der Waals surface area contributed by atoms with Crippen molar-refractivity contribution >= 4 is 15.7 Å². The van der Waals surface area contributed by atoms with E-state index in [1.807, 2.05) is 33.8 Å². The molecule has 1 fully saturated rings. The highest BCUT2D eigenvalue weighted by Crippen LogP contribution is 2.26. The molecule has 0 aliphatic carbocycles. The molecule has 3 rings (SSSR count). The fourth-order valence-corrected chi connectivity index (χ4v) is 5.48. The van der Waals surface area contributed by atoms with Gasteiger partial charge in [-0.2, -0.15) is 0 Å². The number of benzene rings is 2. The molecule has 27 heavy (non-hydrogen) atoms. The molecule has 1 heterocycles. The van der Waals surface area contributed by atoms with Crippen LogP contribution in [0.2, 0.25) is 0 Å². The zero-order chi connectivity index (χ0) is 19.6. The first kappa shape index (κ1) is 19.9. The largest absolute Gasteiger partial charge is 0.372 e. The molecule has 1 aliphatic rings. The van der Waals surface area contributed by atoms with Crippen LogP contribution in [0.5, 0.6) is 0 Å². The molecular formula is C22H30N2O2S. The van der Waals surface area contributed by atoms with Crippen LogP contribution < -0.4 is 9.62 Å². The van der Waals surface area contributed by atoms with Crippen LogP contribution in [-0.2, 0) is 16.4 Å². The van der Waals surface area contributed by atoms with E-state index in [2.05, 4.69) is 33.9 Å². The molecule has 2 aromatic rings. The first-order chi connectivity index (χ1) is 12.8. The van der Waals surface area contributed by atoms with Gasteiger partial charge in [0.2, 0.25) is 10.0 Å². The van der Waals surface area contributed by atoms with E-state index in [0.717, 1.165) is 40.9 Å². The average molecular weight is 387 g/mol. The van der Waals surface area contributed by atoms with Crippen molar-refractivity contribution in [2.24, 2.45) is 0 Å². The lowest BCUT2D eigenvalue weighted by Gasteiger charge is -2.18. The van der Waals surface area contributed by atoms with Gasteiger partial charge in [-0.1, -0.05) is 18.2 Å². The highest BCUT2D eigenvalue weighted by molar-refractivity contribution is 7.89. The summed E-state index contributed by atoms with van der Waals surface area (Å²) in [6, 6.07) is 10.6. The van der Waals surface area contributed by atoms with Gasteiger partial charge in [-0.3, -0.25) is 0 Å². The monoisotopic (exact) mass is 386 g/mol. The summed E-state index contributed by atoms with van der Waals surface area (Å²) in [4.78, 5) is 2.84. The lowest BCUT2D eigenvalue weighted by molar-refractivity contribution is 0.580. The summed E-state index contributed by atoms with van der Waals surface area (Å²) >= 11 is 0. The Morgan fingerprint density at radius 3 is 2.04 bits per heavy atom. The quantitative estimate of drug-likeness (QED) is 0.815. The number of hydrogen-bond donors (Lipinski definition) is 1. The standard InChI is InChI=1S/C22H30N2O2S/c1-16-15-17(2)19(4)22(18(16)3)27(25,26)23-12-11-20-7-9-21(10-8-20)24-13-5-6-14-24/h7-10,15,23H,5-6,11-14H2,1-4H3. The first-order valence-corrected chi connectivity index (χ1v) is 11.2. The molecule has 1 saturated heterocycles. The summed E-state index contributed by atoms with van der Waals surface area (Å²) in [5, 5.41) is 0. The Kier molecular flexibility index (Phi) is 5.92. The topological polar surface area (TPSA) is 49.4 Å². The highest BCUT2D eigenvalue weighted by atomic mass is 32.2. The van der Waals surface area contributed by atoms with Crippen LogP contribution in [0, 0.1) is 27.7 Å². The van der Waals surface area contributed by atoms with E-state index in [-0.39, 0.29) is 0 Å². The van der Waals surface area contributed by atoms with E-state index in [0.29, 0.717) is 17.9 Å². The molecule has 0 spiro atoms. The van der Waals surface area contributed by atoms with Gasteiger partial charge in [-0.15, -0.1) is 0 Å². The number of aryl methyl sites for hydroxylation is 2. The van der Waals surface area contributed by atoms with Gasteiger partial charge in [-0.25, -0.2) is 13.1 Å². The Labute approximate surface area is 163 Å². The smallest absolute Gasteiger partial charge is 0.241 e. The third kappa shape index (κ3) is 4.36. The Morgan fingerprint density at radius 2 is 1.48 bits per heavy atom. The second kappa shape index (κ2) is 8.03. The minimum absolute atomic E-state index is 0.400. The number of anilines is 1. The maximum absolute atomic E-state index is 12.9. The van der Waals surface area contributed by atoms with Crippen molar-refractivity contribution in [1.29, 1.82) is 0 Å². The van der Waals surface area contributed by atoms with Crippen LogP contribution in [-0.4, -0.2) is 28.1 Å². The predicted octanol–water partition coefficient (Wildman–Crippen LogP) is 4.04. The van der Waals surface area contributed by atoms with Crippen molar-refractivity contribution in [3.63, 3.8) is 0 Å². The van der Waals surface area contributed by atoms with Gasteiger partial charge in [0.25, 0.3) is 0 Å². The maximum atomic E-state index is 12.9. The maximum Gasteiger partial charge on any atom is 0.241 e. The van der Waals surface area contributed by atoms with Crippen molar-refractivity contribution < 1.29 is 8.42 Å². The van der Waals surface area contributed by atoms with E-state index in [9.17, 15) is 8.42 Å². The van der Waals surface area contributed by atoms with Crippen LogP contribution in [0.3, 0.4) is 0 Å². The number of hydrogen-bond acceptors (Lipinski definition) is 3.